The summed E-state index contributed by atoms with van der Waals surface area (Å²) < 4.78 is 8.60. The second-order valence-electron chi connectivity index (χ2n) is 13.9. The lowest BCUT2D eigenvalue weighted by Gasteiger charge is -2.41. The number of likely N-dealkylation sites (tertiary alicyclic amines) is 1. The van der Waals surface area contributed by atoms with Gasteiger partial charge >= 0.3 is 11.8 Å². The molecule has 9 nitrogen and oxygen atoms in total. The van der Waals surface area contributed by atoms with Gasteiger partial charge in [0, 0.05) is 36.9 Å². The minimum atomic E-state index is -3.24. The number of hydrogen-bond donors (Lipinski definition) is 1. The molecule has 0 spiro atoms. The van der Waals surface area contributed by atoms with Crippen LogP contribution in [0.1, 0.15) is 50.4 Å². The van der Waals surface area contributed by atoms with Crippen LogP contribution < -0.4 is 16.1 Å². The van der Waals surface area contributed by atoms with Crippen molar-refractivity contribution in [2.24, 2.45) is 0 Å². The Kier molecular flexibility index (Phi) is 9.15. The third-order valence-electron chi connectivity index (χ3n) is 10.7. The van der Waals surface area contributed by atoms with Crippen molar-refractivity contribution in [1.29, 1.82) is 0 Å². The molecule has 1 saturated heterocycles. The molecule has 0 aliphatic carbocycles. The maximum Gasteiger partial charge on any atom is 0.409 e. The van der Waals surface area contributed by atoms with Crippen LogP contribution in [0.15, 0.2) is 114 Å². The quantitative estimate of drug-likeness (QED) is 0.197. The number of benzene rings is 3. The Morgan fingerprint density at radius 2 is 1.54 bits per heavy atom. The number of nitrogens with zero attached hydrogens (tertiary/aromatic N) is 5. The maximum atomic E-state index is 14.3. The molecule has 10 heteroatoms. The van der Waals surface area contributed by atoms with Gasteiger partial charge in [0.2, 0.25) is 0 Å². The first-order valence-electron chi connectivity index (χ1n) is 17.3. The Morgan fingerprint density at radius 1 is 0.900 bits per heavy atom. The fraction of sp³-hybridized carbons (Fsp3) is 0.300. The molecule has 3 aromatic carbocycles. The Bertz CT molecular complexity index is 2150. The zero-order valence-electron chi connectivity index (χ0n) is 28.8. The van der Waals surface area contributed by atoms with Crippen molar-refractivity contribution < 1.29 is 14.3 Å². The summed E-state index contributed by atoms with van der Waals surface area (Å²) in [6.07, 6.45) is 7.71. The van der Waals surface area contributed by atoms with Crippen LogP contribution in [0.5, 0.6) is 0 Å². The largest absolute Gasteiger partial charge is 0.453 e. The first-order valence-corrected chi connectivity index (χ1v) is 19.2. The third kappa shape index (κ3) is 5.92. The normalized spacial score (nSPS) is 14.4. The van der Waals surface area contributed by atoms with Crippen molar-refractivity contribution in [1.82, 2.24) is 24.0 Å². The molecule has 3 aromatic heterocycles. The first-order chi connectivity index (χ1) is 24.2. The molecule has 7 rings (SSSR count). The van der Waals surface area contributed by atoms with Crippen molar-refractivity contribution in [2.75, 3.05) is 20.2 Å². The summed E-state index contributed by atoms with van der Waals surface area (Å²) in [6.45, 7) is 5.71. The topological polar surface area (TPSA) is 102 Å². The van der Waals surface area contributed by atoms with E-state index in [1.54, 1.807) is 21.9 Å². The van der Waals surface area contributed by atoms with Gasteiger partial charge in [0.15, 0.2) is 0 Å². The SMILES string of the molecule is COC(=O)N1CCC(n2c(=O)n(Cc3ncc4ccccc4c3CCC(C)(C)[Si](O)(c3ccccc3)c3ccccc3)c3cnccc32)CC1. The molecule has 0 unspecified atom stereocenters. The Hall–Kier alpha value is -5.06. The van der Waals surface area contributed by atoms with E-state index in [1.165, 1.54) is 7.11 Å². The number of pyridine rings is 2. The maximum absolute atomic E-state index is 14.3. The van der Waals surface area contributed by atoms with Crippen molar-refractivity contribution in [3.63, 3.8) is 0 Å². The van der Waals surface area contributed by atoms with Crippen LogP contribution in [0.2, 0.25) is 5.04 Å². The summed E-state index contributed by atoms with van der Waals surface area (Å²) in [7, 11) is -1.84. The van der Waals surface area contributed by atoms with Crippen molar-refractivity contribution in [3.05, 3.63) is 131 Å². The number of carbonyl (C=O) groups is 1. The molecule has 1 aliphatic rings. The second kappa shape index (κ2) is 13.7. The number of methoxy groups -OCH3 is 1. The molecular formula is C40H43N5O4Si. The molecule has 1 amide bonds. The Balaban J connectivity index is 1.26. The standard InChI is InChI=1S/C40H43N5O4Si/c1-40(2,50(48,31-13-6-4-7-14-31)32-15-8-5-9-16-32)22-18-34-33-17-11-10-12-29(33)26-42-35(34)28-44-37-27-41-23-19-36(37)45(38(44)46)30-20-24-43(25-21-30)39(47)49-3/h4-17,19,23,26-27,30,48H,18,20-22,24-25,28H2,1-3H3. The summed E-state index contributed by atoms with van der Waals surface area (Å²) in [6, 6.07) is 30.3. The van der Waals surface area contributed by atoms with Crippen molar-refractivity contribution in [2.45, 2.75) is 57.2 Å². The van der Waals surface area contributed by atoms with Crippen LogP contribution in [0.4, 0.5) is 4.79 Å². The number of hydrogen-bond acceptors (Lipinski definition) is 6. The number of ether oxygens (including phenoxy) is 1. The second-order valence-corrected chi connectivity index (χ2v) is 17.8. The van der Waals surface area contributed by atoms with E-state index in [-0.39, 0.29) is 24.4 Å². The minimum absolute atomic E-state index is 0.0574. The fourth-order valence-electron chi connectivity index (χ4n) is 7.82. The van der Waals surface area contributed by atoms with E-state index in [1.807, 2.05) is 65.4 Å². The first kappa shape index (κ1) is 33.4. The molecule has 50 heavy (non-hydrogen) atoms. The smallest absolute Gasteiger partial charge is 0.409 e. The highest BCUT2D eigenvalue weighted by atomic mass is 28.4. The lowest BCUT2D eigenvalue weighted by atomic mass is 9.96. The predicted octanol–water partition coefficient (Wildman–Crippen LogP) is 5.66. The number of aryl methyl sites for hydroxylation is 1. The summed E-state index contributed by atoms with van der Waals surface area (Å²) in [5, 5.41) is 3.65. The zero-order chi connectivity index (χ0) is 34.9. The number of aromatic nitrogens is 4. The lowest BCUT2D eigenvalue weighted by molar-refractivity contribution is 0.107. The van der Waals surface area contributed by atoms with Gasteiger partial charge in [0.25, 0.3) is 8.32 Å². The van der Waals surface area contributed by atoms with E-state index in [2.05, 4.69) is 55.2 Å². The molecule has 1 fully saturated rings. The predicted molar refractivity (Wildman–Crippen MR) is 200 cm³/mol. The monoisotopic (exact) mass is 685 g/mol. The van der Waals surface area contributed by atoms with Crippen LogP contribution in [0, 0.1) is 0 Å². The molecule has 256 valence electrons. The van der Waals surface area contributed by atoms with Crippen molar-refractivity contribution in [3.8, 4) is 0 Å². The summed E-state index contributed by atoms with van der Waals surface area (Å²) in [4.78, 5) is 50.4. The van der Waals surface area contributed by atoms with E-state index in [0.29, 0.717) is 38.8 Å². The Labute approximate surface area is 292 Å². The van der Waals surface area contributed by atoms with Gasteiger partial charge in [0.05, 0.1) is 36.6 Å². The van der Waals surface area contributed by atoms with Crippen LogP contribution in [0.3, 0.4) is 0 Å². The minimum Gasteiger partial charge on any atom is -0.453 e. The van der Waals surface area contributed by atoms with Gasteiger partial charge in [-0.1, -0.05) is 98.8 Å². The zero-order valence-corrected chi connectivity index (χ0v) is 29.8. The molecule has 1 aliphatic heterocycles. The van der Waals surface area contributed by atoms with E-state index in [4.69, 9.17) is 9.72 Å². The molecule has 0 atom stereocenters. The van der Waals surface area contributed by atoms with Gasteiger partial charge < -0.3 is 14.4 Å². The third-order valence-corrected chi connectivity index (χ3v) is 15.2. The van der Waals surface area contributed by atoms with Crippen LogP contribution >= 0.6 is 0 Å². The summed E-state index contributed by atoms with van der Waals surface area (Å²) in [5.74, 6) is 0. The van der Waals surface area contributed by atoms with Crippen LogP contribution in [-0.2, 0) is 17.7 Å². The average Bonchev–Trinajstić information content (AvgIpc) is 3.44. The van der Waals surface area contributed by atoms with Gasteiger partial charge in [-0.25, -0.2) is 9.59 Å². The van der Waals surface area contributed by atoms with Gasteiger partial charge in [0.1, 0.15) is 0 Å². The molecule has 0 saturated carbocycles. The van der Waals surface area contributed by atoms with E-state index < -0.39 is 13.4 Å². The lowest BCUT2D eigenvalue weighted by Crippen LogP contribution is -2.65. The fourth-order valence-corrected chi connectivity index (χ4v) is 11.6. The number of rotatable bonds is 9. The number of amides is 1. The molecule has 0 radical (unpaired) electrons. The van der Waals surface area contributed by atoms with Gasteiger partial charge in [-0.15, -0.1) is 0 Å². The molecular weight excluding hydrogens is 643 g/mol. The van der Waals surface area contributed by atoms with Gasteiger partial charge in [-0.3, -0.25) is 19.1 Å². The number of fused-ring (bicyclic) bond motifs is 2. The molecule has 6 aromatic rings. The highest BCUT2D eigenvalue weighted by Gasteiger charge is 2.49. The van der Waals surface area contributed by atoms with E-state index >= 15 is 0 Å². The van der Waals surface area contributed by atoms with E-state index in [0.717, 1.165) is 43.4 Å². The average molecular weight is 686 g/mol. The van der Waals surface area contributed by atoms with Crippen LogP contribution in [0.25, 0.3) is 21.8 Å². The van der Waals surface area contributed by atoms with Gasteiger partial charge in [-0.05, 0) is 58.1 Å². The highest BCUT2D eigenvalue weighted by molar-refractivity contribution is 6.98. The summed E-state index contributed by atoms with van der Waals surface area (Å²) in [5.41, 5.74) is 3.38. The molecule has 0 bridgehead atoms. The molecule has 4 heterocycles. The molecule has 1 N–H and O–H groups in total. The summed E-state index contributed by atoms with van der Waals surface area (Å²) >= 11 is 0. The van der Waals surface area contributed by atoms with Crippen molar-refractivity contribution >= 4 is 46.6 Å². The Morgan fingerprint density at radius 3 is 2.20 bits per heavy atom. The number of carbonyl (C=O) groups excluding carboxylic acids is 1. The van der Waals surface area contributed by atoms with Gasteiger partial charge in [-0.2, -0.15) is 0 Å². The number of piperidine rings is 1. The van der Waals surface area contributed by atoms with E-state index in [9.17, 15) is 14.4 Å². The number of imidazole rings is 1. The highest BCUT2D eigenvalue weighted by Crippen LogP contribution is 2.41. The van der Waals surface area contributed by atoms with Crippen LogP contribution in [-0.4, -0.2) is 63.4 Å².